The Labute approximate surface area is 136 Å². The number of carbonyl (C=O) groups excluding carboxylic acids is 1. The molecule has 2 rings (SSSR count). The summed E-state index contributed by atoms with van der Waals surface area (Å²) in [5.74, 6) is -0.617. The molecule has 0 heterocycles. The second-order valence-electron chi connectivity index (χ2n) is 4.35. The lowest BCUT2D eigenvalue weighted by molar-refractivity contribution is -0.384. The van der Waals surface area contributed by atoms with Crippen molar-refractivity contribution in [2.24, 2.45) is 0 Å². The van der Waals surface area contributed by atoms with Crippen LogP contribution in [-0.4, -0.2) is 17.1 Å². The third-order valence-electron chi connectivity index (χ3n) is 2.91. The fourth-order valence-electron chi connectivity index (χ4n) is 1.73. The molecule has 2 aromatic rings. The first-order valence-electron chi connectivity index (χ1n) is 6.25. The lowest BCUT2D eigenvalue weighted by Crippen LogP contribution is -2.06. The fourth-order valence-corrected chi connectivity index (χ4v) is 2.39. The predicted molar refractivity (Wildman–Crippen MR) is 85.4 cm³/mol. The molecular formula is C15H12ClNO4S. The highest BCUT2D eigenvalue weighted by molar-refractivity contribution is 7.98. The Hall–Kier alpha value is -2.05. The zero-order chi connectivity index (χ0) is 16.1. The molecule has 22 heavy (non-hydrogen) atoms. The Morgan fingerprint density at radius 1 is 1.27 bits per heavy atom. The topological polar surface area (TPSA) is 69.4 Å². The van der Waals surface area contributed by atoms with Gasteiger partial charge in [0.05, 0.1) is 15.5 Å². The Morgan fingerprint density at radius 3 is 2.50 bits per heavy atom. The van der Waals surface area contributed by atoms with Crippen LogP contribution in [0.3, 0.4) is 0 Å². The minimum atomic E-state index is -0.617. The molecule has 0 spiro atoms. The van der Waals surface area contributed by atoms with Crippen LogP contribution in [0.4, 0.5) is 5.69 Å². The average Bonchev–Trinajstić information content (AvgIpc) is 2.52. The number of carbonyl (C=O) groups is 1. The van der Waals surface area contributed by atoms with Gasteiger partial charge in [0, 0.05) is 17.0 Å². The lowest BCUT2D eigenvalue weighted by Gasteiger charge is -2.07. The van der Waals surface area contributed by atoms with E-state index >= 15 is 0 Å². The minimum Gasteiger partial charge on any atom is -0.457 e. The highest BCUT2D eigenvalue weighted by Gasteiger charge is 2.16. The molecule has 0 aliphatic rings. The smallest absolute Gasteiger partial charge is 0.339 e. The van der Waals surface area contributed by atoms with Crippen molar-refractivity contribution >= 4 is 35.0 Å². The molecule has 0 amide bonds. The number of nitrogens with zero attached hydrogens (tertiary/aromatic N) is 1. The van der Waals surface area contributed by atoms with Gasteiger partial charge in [0.2, 0.25) is 0 Å². The Bertz CT molecular complexity index is 703. The zero-order valence-corrected chi connectivity index (χ0v) is 13.2. The molecule has 0 atom stereocenters. The normalized spacial score (nSPS) is 10.3. The van der Waals surface area contributed by atoms with Gasteiger partial charge in [-0.2, -0.15) is 0 Å². The fraction of sp³-hybridized carbons (Fsp3) is 0.133. The molecular weight excluding hydrogens is 326 g/mol. The monoisotopic (exact) mass is 337 g/mol. The van der Waals surface area contributed by atoms with Gasteiger partial charge < -0.3 is 4.74 Å². The van der Waals surface area contributed by atoms with E-state index < -0.39 is 10.9 Å². The van der Waals surface area contributed by atoms with E-state index in [1.807, 2.05) is 30.5 Å². The van der Waals surface area contributed by atoms with E-state index in [0.29, 0.717) is 0 Å². The van der Waals surface area contributed by atoms with Gasteiger partial charge in [-0.05, 0) is 30.0 Å². The van der Waals surface area contributed by atoms with Gasteiger partial charge in [0.25, 0.3) is 5.69 Å². The number of nitro groups is 1. The summed E-state index contributed by atoms with van der Waals surface area (Å²) >= 11 is 7.51. The largest absolute Gasteiger partial charge is 0.457 e. The van der Waals surface area contributed by atoms with Crippen LogP contribution < -0.4 is 0 Å². The van der Waals surface area contributed by atoms with Crippen LogP contribution in [0.2, 0.25) is 5.02 Å². The van der Waals surface area contributed by atoms with E-state index in [-0.39, 0.29) is 22.9 Å². The summed E-state index contributed by atoms with van der Waals surface area (Å²) in [6.07, 6.45) is 1.98. The summed E-state index contributed by atoms with van der Waals surface area (Å²) in [6, 6.07) is 11.3. The van der Waals surface area contributed by atoms with Crippen LogP contribution >= 0.6 is 23.4 Å². The number of hydrogen-bond acceptors (Lipinski definition) is 5. The van der Waals surface area contributed by atoms with Crippen molar-refractivity contribution in [3.8, 4) is 0 Å². The molecule has 0 unspecified atom stereocenters. The highest BCUT2D eigenvalue weighted by Crippen LogP contribution is 2.23. The quantitative estimate of drug-likeness (QED) is 0.351. The van der Waals surface area contributed by atoms with Gasteiger partial charge in [-0.1, -0.05) is 23.7 Å². The maximum atomic E-state index is 12.0. The number of ether oxygens (including phenoxy) is 1. The Balaban J connectivity index is 2.04. The number of thioether (sulfide) groups is 1. The van der Waals surface area contributed by atoms with Crippen LogP contribution in [-0.2, 0) is 11.3 Å². The van der Waals surface area contributed by atoms with Crippen LogP contribution in [0, 0.1) is 10.1 Å². The SMILES string of the molecule is CSc1ccc(COC(=O)c2ccc([N+](=O)[O-])cc2Cl)cc1. The maximum absolute atomic E-state index is 12.0. The van der Waals surface area contributed by atoms with Crippen molar-refractivity contribution in [1.29, 1.82) is 0 Å². The second kappa shape index (κ2) is 7.29. The number of esters is 1. The summed E-state index contributed by atoms with van der Waals surface area (Å²) in [4.78, 5) is 23.1. The van der Waals surface area contributed by atoms with Crippen molar-refractivity contribution in [2.45, 2.75) is 11.5 Å². The summed E-state index contributed by atoms with van der Waals surface area (Å²) < 4.78 is 5.17. The predicted octanol–water partition coefficient (Wildman–Crippen LogP) is 4.33. The molecule has 0 aromatic heterocycles. The third kappa shape index (κ3) is 3.99. The van der Waals surface area contributed by atoms with Crippen molar-refractivity contribution in [3.63, 3.8) is 0 Å². The number of non-ortho nitro benzene ring substituents is 1. The van der Waals surface area contributed by atoms with Crippen LogP contribution in [0.1, 0.15) is 15.9 Å². The third-order valence-corrected chi connectivity index (χ3v) is 3.97. The van der Waals surface area contributed by atoms with E-state index in [2.05, 4.69) is 0 Å². The van der Waals surface area contributed by atoms with Crippen molar-refractivity contribution in [2.75, 3.05) is 6.26 Å². The minimum absolute atomic E-state index is 0.00284. The molecule has 5 nitrogen and oxygen atoms in total. The van der Waals surface area contributed by atoms with Crippen molar-refractivity contribution in [3.05, 3.63) is 68.7 Å². The van der Waals surface area contributed by atoms with E-state index in [0.717, 1.165) is 16.5 Å². The number of halogens is 1. The van der Waals surface area contributed by atoms with Crippen molar-refractivity contribution < 1.29 is 14.5 Å². The van der Waals surface area contributed by atoms with E-state index in [1.165, 1.54) is 12.1 Å². The first-order valence-corrected chi connectivity index (χ1v) is 7.85. The average molecular weight is 338 g/mol. The molecule has 0 saturated heterocycles. The summed E-state index contributed by atoms with van der Waals surface area (Å²) in [6.45, 7) is 0.112. The summed E-state index contributed by atoms with van der Waals surface area (Å²) in [7, 11) is 0. The number of benzene rings is 2. The van der Waals surface area contributed by atoms with Crippen LogP contribution in [0.5, 0.6) is 0 Å². The van der Waals surface area contributed by atoms with E-state index in [4.69, 9.17) is 16.3 Å². The molecule has 0 radical (unpaired) electrons. The second-order valence-corrected chi connectivity index (χ2v) is 5.63. The van der Waals surface area contributed by atoms with E-state index in [9.17, 15) is 14.9 Å². The first-order chi connectivity index (χ1) is 10.5. The molecule has 114 valence electrons. The first kappa shape index (κ1) is 16.3. The van der Waals surface area contributed by atoms with Gasteiger partial charge in [0.15, 0.2) is 0 Å². The van der Waals surface area contributed by atoms with E-state index in [1.54, 1.807) is 11.8 Å². The number of hydrogen-bond donors (Lipinski definition) is 0. The molecule has 0 fully saturated rings. The maximum Gasteiger partial charge on any atom is 0.339 e. The number of rotatable bonds is 5. The Morgan fingerprint density at radius 2 is 1.95 bits per heavy atom. The van der Waals surface area contributed by atoms with Gasteiger partial charge in [-0.25, -0.2) is 4.79 Å². The molecule has 7 heteroatoms. The van der Waals surface area contributed by atoms with Crippen molar-refractivity contribution in [1.82, 2.24) is 0 Å². The number of nitro benzene ring substituents is 1. The molecule has 0 aliphatic heterocycles. The van der Waals surface area contributed by atoms with Crippen LogP contribution in [0.25, 0.3) is 0 Å². The van der Waals surface area contributed by atoms with Gasteiger partial charge in [0.1, 0.15) is 6.61 Å². The van der Waals surface area contributed by atoms with Gasteiger partial charge in [-0.15, -0.1) is 11.8 Å². The zero-order valence-electron chi connectivity index (χ0n) is 11.6. The molecule has 0 N–H and O–H groups in total. The Kier molecular flexibility index (Phi) is 5.41. The van der Waals surface area contributed by atoms with Crippen LogP contribution in [0.15, 0.2) is 47.4 Å². The lowest BCUT2D eigenvalue weighted by atomic mass is 10.2. The standard InChI is InChI=1S/C15H12ClNO4S/c1-22-12-5-2-10(3-6-12)9-21-15(18)13-7-4-11(17(19)20)8-14(13)16/h2-8H,9H2,1H3. The summed E-state index contributed by atoms with van der Waals surface area (Å²) in [5, 5.41) is 10.6. The summed E-state index contributed by atoms with van der Waals surface area (Å²) in [5.41, 5.74) is 0.784. The molecule has 2 aromatic carbocycles. The molecule has 0 aliphatic carbocycles. The van der Waals surface area contributed by atoms with Gasteiger partial charge >= 0.3 is 5.97 Å². The highest BCUT2D eigenvalue weighted by atomic mass is 35.5. The van der Waals surface area contributed by atoms with Gasteiger partial charge in [-0.3, -0.25) is 10.1 Å². The molecule has 0 bridgehead atoms. The molecule has 0 saturated carbocycles.